The van der Waals surface area contributed by atoms with Crippen molar-refractivity contribution < 1.29 is 70.7 Å². The van der Waals surface area contributed by atoms with Crippen molar-refractivity contribution in [2.75, 3.05) is 88.6 Å². The van der Waals surface area contributed by atoms with E-state index in [2.05, 4.69) is 16.0 Å². The third-order valence-electron chi connectivity index (χ3n) is 21.3. The normalized spacial score (nSPS) is 29.9. The predicted molar refractivity (Wildman–Crippen MR) is 360 cm³/mol. The van der Waals surface area contributed by atoms with Gasteiger partial charge >= 0.3 is 6.18 Å². The van der Waals surface area contributed by atoms with Crippen molar-refractivity contribution in [1.82, 2.24) is 60.0 Å². The number of fused-ring (bicyclic) bond motifs is 1. The number of carbonyl (C=O) groups is 12. The fraction of sp³-hybridized carbons (Fsp3) is 0.826. The van der Waals surface area contributed by atoms with Crippen LogP contribution in [0.25, 0.3) is 0 Å². The van der Waals surface area contributed by atoms with Crippen LogP contribution < -0.4 is 16.0 Å². The summed E-state index contributed by atoms with van der Waals surface area (Å²) in [7, 11) is 9.83. The fourth-order valence-electron chi connectivity index (χ4n) is 14.6. The molecule has 0 aromatic rings. The van der Waals surface area contributed by atoms with Crippen LogP contribution in [0.15, 0.2) is 0 Å². The quantitative estimate of drug-likeness (QED) is 0.207. The van der Waals surface area contributed by atoms with Gasteiger partial charge in [0.25, 0.3) is 0 Å². The third-order valence-corrected chi connectivity index (χ3v) is 21.8. The lowest BCUT2D eigenvalue weighted by molar-refractivity contribution is -0.182. The number of nitrogens with one attached hydrogen (secondary N) is 3. The molecular weight excluding hydrogens is 1280 g/mol. The Morgan fingerprint density at radius 1 is 0.608 bits per heavy atom. The van der Waals surface area contributed by atoms with Crippen LogP contribution in [0.1, 0.15) is 184 Å². The molecule has 3 saturated heterocycles. The average molecular weight is 1400 g/mol. The summed E-state index contributed by atoms with van der Waals surface area (Å²) in [6.07, 6.45) is 2.74. The summed E-state index contributed by atoms with van der Waals surface area (Å²) < 4.78 is 41.9. The highest BCUT2D eigenvalue weighted by molar-refractivity contribution is 6.20. The Bertz CT molecular complexity index is 2790. The highest BCUT2D eigenvalue weighted by atomic mass is 35.5. The number of hydrogen-bond donors (Lipinski definition) is 3. The molecule has 12 atom stereocenters. The van der Waals surface area contributed by atoms with Crippen LogP contribution >= 0.6 is 11.6 Å². The minimum Gasteiger partial charge on any atom is -0.343 e. The maximum Gasteiger partial charge on any atom is 0.393 e. The first-order valence-corrected chi connectivity index (χ1v) is 35.8. The van der Waals surface area contributed by atoms with E-state index in [1.807, 2.05) is 20.8 Å². The van der Waals surface area contributed by atoms with Gasteiger partial charge in [-0.05, 0) is 120 Å². The zero-order chi connectivity index (χ0) is 72.7. The number of hydrogen-bond acceptors (Lipinski definition) is 12. The Morgan fingerprint density at radius 3 is 1.78 bits per heavy atom. The monoisotopic (exact) mass is 1390 g/mol. The molecule has 0 aromatic carbocycles. The molecule has 0 bridgehead atoms. The van der Waals surface area contributed by atoms with Crippen LogP contribution in [0.4, 0.5) is 13.2 Å². The van der Waals surface area contributed by atoms with Crippen molar-refractivity contribution in [3.63, 3.8) is 0 Å². The van der Waals surface area contributed by atoms with Gasteiger partial charge in [-0.2, -0.15) is 13.2 Å². The summed E-state index contributed by atoms with van der Waals surface area (Å²) in [6, 6.07) is -8.73. The Labute approximate surface area is 578 Å². The van der Waals surface area contributed by atoms with Crippen molar-refractivity contribution >= 4 is 82.5 Å². The van der Waals surface area contributed by atoms with Crippen molar-refractivity contribution in [2.24, 2.45) is 35.5 Å². The van der Waals surface area contributed by atoms with Gasteiger partial charge in [0.1, 0.15) is 47.8 Å². The maximum atomic E-state index is 15.3. The first-order chi connectivity index (χ1) is 45.4. The van der Waals surface area contributed by atoms with Crippen LogP contribution in [-0.4, -0.2) is 263 Å². The molecule has 2 aliphatic carbocycles. The van der Waals surface area contributed by atoms with E-state index in [1.165, 1.54) is 80.8 Å². The Hall–Kier alpha value is -6.28. The molecule has 5 rings (SSSR count). The third kappa shape index (κ3) is 21.4. The first-order valence-electron chi connectivity index (χ1n) is 35.4. The fourth-order valence-corrected chi connectivity index (χ4v) is 15.1. The highest BCUT2D eigenvalue weighted by Crippen LogP contribution is 2.44. The molecule has 24 nitrogen and oxygen atoms in total. The molecule has 5 aliphatic rings. The minimum absolute atomic E-state index is 0.00627. The second kappa shape index (κ2) is 36.2. The van der Waals surface area contributed by atoms with Gasteiger partial charge in [-0.15, -0.1) is 11.6 Å². The molecule has 12 amide bonds. The molecule has 0 aromatic heterocycles. The van der Waals surface area contributed by atoms with Crippen molar-refractivity contribution in [2.45, 2.75) is 243 Å². The number of likely N-dealkylation sites (tertiary alicyclic amines) is 1. The zero-order valence-electron chi connectivity index (χ0n) is 60.4. The minimum atomic E-state index is -4.51. The van der Waals surface area contributed by atoms with E-state index in [4.69, 9.17) is 11.6 Å². The standard InChI is InChI=1S/C69H114ClF3N12O12/c1-16-44(7)58-65(95)79(11)40-56(88)77(9)41-57(89)81(13)52(37-45-25-20-18-21-26-45)63(93)78(10)39-54(86)74-49(31-29-46-28-30-47(48(70)36-46)69(71,72)73)62(92)85-34-24-27-50(85)61(91)76-68(8,17-2)67(97)83(15)59(43(5)6)66(96)82(14)53(64(94)84-32-22-19-23-33-84)38-55(87)80(12)51(35-42(3)4)60(90)75-58/h42-53,58-59H,16-41H2,1-15H3,(H,74,86)(H,75,90)(H,76,91)/t44-,46?,47?,48?,49-,50-,51-,52-,53-,58-,59-,68+/m0/s1. The van der Waals surface area contributed by atoms with E-state index in [0.29, 0.717) is 38.8 Å². The van der Waals surface area contributed by atoms with Crippen molar-refractivity contribution in [1.29, 1.82) is 0 Å². The molecule has 28 heteroatoms. The summed E-state index contributed by atoms with van der Waals surface area (Å²) in [5, 5.41) is 7.36. The van der Waals surface area contributed by atoms with E-state index >= 15 is 14.4 Å². The van der Waals surface area contributed by atoms with Gasteiger partial charge in [0.2, 0.25) is 70.9 Å². The Kier molecular flexibility index (Phi) is 30.4. The summed E-state index contributed by atoms with van der Waals surface area (Å²) in [5.41, 5.74) is -1.72. The van der Waals surface area contributed by atoms with E-state index in [1.54, 1.807) is 32.6 Å². The molecule has 5 fully saturated rings. The van der Waals surface area contributed by atoms with Crippen molar-refractivity contribution in [3.05, 3.63) is 0 Å². The molecule has 97 heavy (non-hydrogen) atoms. The number of carbonyl (C=O) groups excluding carboxylic acids is 12. The van der Waals surface area contributed by atoms with Gasteiger partial charge in [-0.1, -0.05) is 87.0 Å². The lowest BCUT2D eigenvalue weighted by atomic mass is 9.78. The number of alkyl halides is 4. The number of rotatable bonds is 12. The number of amides is 12. The van der Waals surface area contributed by atoms with Crippen LogP contribution in [0.5, 0.6) is 0 Å². The molecule has 550 valence electrons. The predicted octanol–water partition coefficient (Wildman–Crippen LogP) is 5.42. The lowest BCUT2D eigenvalue weighted by Gasteiger charge is -2.41. The number of halogens is 4. The molecular formula is C69H114ClF3N12O12. The molecule has 0 radical (unpaired) electrons. The van der Waals surface area contributed by atoms with E-state index in [-0.39, 0.29) is 82.1 Å². The largest absolute Gasteiger partial charge is 0.393 e. The maximum absolute atomic E-state index is 15.3. The molecule has 3 heterocycles. The van der Waals surface area contributed by atoms with E-state index < -0.39 is 174 Å². The number of piperidine rings is 1. The SMILES string of the molecule is CC[C@H](C)[C@@H]1NC(=O)[C@H](CC(C)C)N(C)C(=O)C[C@@H](C(=O)N2CCCCC2)N(C)C(=O)[C@H](C(C)C)N(C)C(=O)[C@@](C)(CC)NC(=O)[C@@H]2CCCN2C(=O)[C@H](CCC2CCC(C(F)(F)F)C(Cl)C2)NC(=O)CN(C)C(=O)[C@H](CC2CCCCC2)N(C)C(=O)CN(C)C(=O)CN(C)C1=O. The second-order valence-corrected chi connectivity index (χ2v) is 30.0. The van der Waals surface area contributed by atoms with Gasteiger partial charge < -0.3 is 60.0 Å². The van der Waals surface area contributed by atoms with E-state index in [0.717, 1.165) is 53.2 Å². The topological polar surface area (TPSA) is 270 Å². The van der Waals surface area contributed by atoms with Crippen molar-refractivity contribution in [3.8, 4) is 0 Å². The first kappa shape index (κ1) is 81.4. The van der Waals surface area contributed by atoms with Crippen LogP contribution in [0.3, 0.4) is 0 Å². The molecule has 0 spiro atoms. The Morgan fingerprint density at radius 2 is 1.21 bits per heavy atom. The van der Waals surface area contributed by atoms with Gasteiger partial charge in [-0.25, -0.2) is 0 Å². The summed E-state index contributed by atoms with van der Waals surface area (Å²) in [5.74, 6) is -11.2. The summed E-state index contributed by atoms with van der Waals surface area (Å²) in [6.45, 7) is 13.0. The smallest absolute Gasteiger partial charge is 0.343 e. The zero-order valence-corrected chi connectivity index (χ0v) is 61.2. The van der Waals surface area contributed by atoms with Crippen LogP contribution in [-0.2, 0) is 57.5 Å². The van der Waals surface area contributed by atoms with Gasteiger partial charge in [-0.3, -0.25) is 57.5 Å². The van der Waals surface area contributed by atoms with Gasteiger partial charge in [0.05, 0.1) is 32.0 Å². The average Bonchev–Trinajstić information content (AvgIpc) is 1.47. The van der Waals surface area contributed by atoms with Gasteiger partial charge in [0.15, 0.2) is 0 Å². The number of likely N-dealkylation sites (N-methyl/N-ethyl adjacent to an activating group) is 7. The highest BCUT2D eigenvalue weighted by Gasteiger charge is 2.49. The second-order valence-electron chi connectivity index (χ2n) is 29.5. The number of nitrogens with zero attached hydrogens (tertiary/aromatic N) is 9. The van der Waals surface area contributed by atoms with Crippen LogP contribution in [0.2, 0.25) is 0 Å². The lowest BCUT2D eigenvalue weighted by Crippen LogP contribution is -2.64. The molecule has 3 aliphatic heterocycles. The molecule has 3 N–H and O–H groups in total. The molecule has 2 saturated carbocycles. The summed E-state index contributed by atoms with van der Waals surface area (Å²) >= 11 is 6.37. The van der Waals surface area contributed by atoms with Gasteiger partial charge in [0, 0.05) is 74.3 Å². The summed E-state index contributed by atoms with van der Waals surface area (Å²) in [4.78, 5) is 188. The molecule has 3 unspecified atom stereocenters. The van der Waals surface area contributed by atoms with Crippen LogP contribution in [0, 0.1) is 35.5 Å². The van der Waals surface area contributed by atoms with E-state index in [9.17, 15) is 56.3 Å². The Balaban J connectivity index is 1.59.